The first-order valence-corrected chi connectivity index (χ1v) is 7.43. The van der Waals surface area contributed by atoms with Gasteiger partial charge in [-0.1, -0.05) is 12.1 Å². The van der Waals surface area contributed by atoms with E-state index in [9.17, 15) is 14.7 Å². The molecular formula is C19H15NO5. The maximum atomic E-state index is 12.8. The van der Waals surface area contributed by atoms with E-state index in [1.807, 2.05) is 0 Å². The van der Waals surface area contributed by atoms with Crippen LogP contribution >= 0.6 is 0 Å². The Morgan fingerprint density at radius 2 is 1.84 bits per heavy atom. The van der Waals surface area contributed by atoms with Gasteiger partial charge < -0.3 is 14.6 Å². The fourth-order valence-corrected chi connectivity index (χ4v) is 2.60. The Labute approximate surface area is 143 Å². The Morgan fingerprint density at radius 3 is 2.48 bits per heavy atom. The van der Waals surface area contributed by atoms with Crippen molar-refractivity contribution in [2.45, 2.75) is 0 Å². The summed E-state index contributed by atoms with van der Waals surface area (Å²) in [5.41, 5.74) is 0.634. The van der Waals surface area contributed by atoms with Crippen molar-refractivity contribution in [1.29, 1.82) is 0 Å². The van der Waals surface area contributed by atoms with Crippen molar-refractivity contribution in [1.82, 2.24) is 4.98 Å². The van der Waals surface area contributed by atoms with Gasteiger partial charge in [-0.25, -0.2) is 4.98 Å². The van der Waals surface area contributed by atoms with Crippen LogP contribution in [0.1, 0.15) is 26.4 Å². The monoisotopic (exact) mass is 337 g/mol. The van der Waals surface area contributed by atoms with Crippen LogP contribution in [0.4, 0.5) is 0 Å². The van der Waals surface area contributed by atoms with Gasteiger partial charge in [0, 0.05) is 17.5 Å². The Hall–Kier alpha value is -3.41. The van der Waals surface area contributed by atoms with Gasteiger partial charge in [-0.2, -0.15) is 0 Å². The van der Waals surface area contributed by atoms with Crippen LogP contribution in [-0.2, 0) is 0 Å². The summed E-state index contributed by atoms with van der Waals surface area (Å²) in [4.78, 5) is 28.5. The highest BCUT2D eigenvalue weighted by atomic mass is 16.5. The molecule has 6 heteroatoms. The number of aldehydes is 1. The van der Waals surface area contributed by atoms with Crippen molar-refractivity contribution in [2.75, 3.05) is 14.2 Å². The summed E-state index contributed by atoms with van der Waals surface area (Å²) in [6.45, 7) is 0. The summed E-state index contributed by atoms with van der Waals surface area (Å²) in [6.07, 6.45) is 0.513. The van der Waals surface area contributed by atoms with Crippen LogP contribution in [0.2, 0.25) is 0 Å². The SMILES string of the molecule is COc1cc(OC)c2cc(C(=O)c3ccccc3O)c(C=O)nc2c1. The molecule has 6 nitrogen and oxygen atoms in total. The van der Waals surface area contributed by atoms with E-state index < -0.39 is 5.78 Å². The van der Waals surface area contributed by atoms with Gasteiger partial charge in [0.2, 0.25) is 0 Å². The molecule has 0 unspecified atom stereocenters. The minimum atomic E-state index is -0.493. The molecule has 0 spiro atoms. The van der Waals surface area contributed by atoms with Gasteiger partial charge in [-0.05, 0) is 18.2 Å². The van der Waals surface area contributed by atoms with Gasteiger partial charge in [0.1, 0.15) is 22.9 Å². The number of nitrogens with zero attached hydrogens (tertiary/aromatic N) is 1. The van der Waals surface area contributed by atoms with Gasteiger partial charge in [-0.15, -0.1) is 0 Å². The lowest BCUT2D eigenvalue weighted by Crippen LogP contribution is -2.08. The van der Waals surface area contributed by atoms with Crippen LogP contribution in [0, 0.1) is 0 Å². The van der Waals surface area contributed by atoms with Crippen molar-refractivity contribution in [3.05, 3.63) is 59.3 Å². The minimum absolute atomic E-state index is 0.0175. The molecule has 3 aromatic rings. The van der Waals surface area contributed by atoms with E-state index in [-0.39, 0.29) is 22.6 Å². The number of pyridine rings is 1. The standard InChI is InChI=1S/C19H15NO5/c1-24-11-7-15-13(18(8-11)25-2)9-14(16(10-21)20-15)19(23)12-5-3-4-6-17(12)22/h3-10,22H,1-2H3. The molecule has 126 valence electrons. The molecule has 0 radical (unpaired) electrons. The molecule has 0 aliphatic carbocycles. The van der Waals surface area contributed by atoms with Crippen LogP contribution in [0.5, 0.6) is 17.2 Å². The Bertz CT molecular complexity index is 981. The number of rotatable bonds is 5. The van der Waals surface area contributed by atoms with Crippen molar-refractivity contribution in [2.24, 2.45) is 0 Å². The average Bonchev–Trinajstić information content (AvgIpc) is 2.65. The number of aromatic nitrogens is 1. The molecule has 1 heterocycles. The summed E-state index contributed by atoms with van der Waals surface area (Å²) >= 11 is 0. The fraction of sp³-hybridized carbons (Fsp3) is 0.105. The first-order chi connectivity index (χ1) is 12.1. The number of methoxy groups -OCH3 is 2. The van der Waals surface area contributed by atoms with E-state index in [2.05, 4.69) is 4.98 Å². The molecule has 0 saturated heterocycles. The van der Waals surface area contributed by atoms with E-state index in [0.29, 0.717) is 28.7 Å². The maximum Gasteiger partial charge on any atom is 0.199 e. The number of para-hydroxylation sites is 1. The third kappa shape index (κ3) is 2.89. The number of hydrogen-bond donors (Lipinski definition) is 1. The number of ether oxygens (including phenoxy) is 2. The number of ketones is 1. The molecule has 0 amide bonds. The summed E-state index contributed by atoms with van der Waals surface area (Å²) in [6, 6.07) is 11.0. The second-order valence-corrected chi connectivity index (χ2v) is 5.28. The molecular weight excluding hydrogens is 322 g/mol. The van der Waals surface area contributed by atoms with Crippen molar-refractivity contribution >= 4 is 23.0 Å². The topological polar surface area (TPSA) is 85.7 Å². The number of hydrogen-bond acceptors (Lipinski definition) is 6. The Balaban J connectivity index is 2.26. The number of carbonyl (C=O) groups excluding carboxylic acids is 2. The molecule has 1 N–H and O–H groups in total. The zero-order valence-corrected chi connectivity index (χ0v) is 13.6. The molecule has 0 fully saturated rings. The second-order valence-electron chi connectivity index (χ2n) is 5.28. The van der Waals surface area contributed by atoms with Gasteiger partial charge in [0.25, 0.3) is 0 Å². The number of benzene rings is 2. The van der Waals surface area contributed by atoms with Gasteiger partial charge >= 0.3 is 0 Å². The van der Waals surface area contributed by atoms with Crippen molar-refractivity contribution in [3.8, 4) is 17.2 Å². The smallest absolute Gasteiger partial charge is 0.199 e. The second kappa shape index (κ2) is 6.60. The molecule has 0 saturated carbocycles. The van der Waals surface area contributed by atoms with Crippen LogP contribution in [0.25, 0.3) is 10.9 Å². The number of carbonyl (C=O) groups is 2. The quantitative estimate of drug-likeness (QED) is 0.569. The summed E-state index contributed by atoms with van der Waals surface area (Å²) in [5, 5.41) is 10.5. The van der Waals surface area contributed by atoms with E-state index in [0.717, 1.165) is 0 Å². The predicted molar refractivity (Wildman–Crippen MR) is 91.8 cm³/mol. The number of aromatic hydroxyl groups is 1. The first kappa shape index (κ1) is 16.4. The lowest BCUT2D eigenvalue weighted by Gasteiger charge is -2.11. The number of fused-ring (bicyclic) bond motifs is 1. The third-order valence-corrected chi connectivity index (χ3v) is 3.86. The normalized spacial score (nSPS) is 10.5. The summed E-state index contributed by atoms with van der Waals surface area (Å²) in [7, 11) is 3.00. The molecule has 0 atom stereocenters. The van der Waals surface area contributed by atoms with Gasteiger partial charge in [0.05, 0.1) is 30.9 Å². The first-order valence-electron chi connectivity index (χ1n) is 7.43. The largest absolute Gasteiger partial charge is 0.507 e. The Kier molecular flexibility index (Phi) is 4.35. The highest BCUT2D eigenvalue weighted by Gasteiger charge is 2.20. The minimum Gasteiger partial charge on any atom is -0.507 e. The zero-order chi connectivity index (χ0) is 18.0. The predicted octanol–water partition coefficient (Wildman–Crippen LogP) is 3.00. The number of phenols is 1. The molecule has 3 rings (SSSR count). The maximum absolute atomic E-state index is 12.8. The molecule has 0 aliphatic rings. The van der Waals surface area contributed by atoms with E-state index >= 15 is 0 Å². The highest BCUT2D eigenvalue weighted by molar-refractivity contribution is 6.15. The van der Waals surface area contributed by atoms with Gasteiger partial charge in [0.15, 0.2) is 12.1 Å². The van der Waals surface area contributed by atoms with Crippen LogP contribution < -0.4 is 9.47 Å². The van der Waals surface area contributed by atoms with Crippen LogP contribution in [0.15, 0.2) is 42.5 Å². The zero-order valence-electron chi connectivity index (χ0n) is 13.6. The molecule has 1 aromatic heterocycles. The van der Waals surface area contributed by atoms with Crippen LogP contribution in [-0.4, -0.2) is 36.4 Å². The molecule has 0 bridgehead atoms. The van der Waals surface area contributed by atoms with Gasteiger partial charge in [-0.3, -0.25) is 9.59 Å². The van der Waals surface area contributed by atoms with E-state index in [4.69, 9.17) is 9.47 Å². The van der Waals surface area contributed by atoms with Crippen molar-refractivity contribution in [3.63, 3.8) is 0 Å². The summed E-state index contributed by atoms with van der Waals surface area (Å²) in [5.74, 6) is 0.331. The third-order valence-electron chi connectivity index (χ3n) is 3.86. The molecule has 0 aliphatic heterocycles. The van der Waals surface area contributed by atoms with E-state index in [1.54, 1.807) is 30.3 Å². The lowest BCUT2D eigenvalue weighted by atomic mass is 9.99. The molecule has 2 aromatic carbocycles. The Morgan fingerprint density at radius 1 is 1.08 bits per heavy atom. The average molecular weight is 337 g/mol. The number of phenolic OH excluding ortho intramolecular Hbond substituents is 1. The van der Waals surface area contributed by atoms with Crippen molar-refractivity contribution < 1.29 is 24.2 Å². The highest BCUT2D eigenvalue weighted by Crippen LogP contribution is 2.32. The van der Waals surface area contributed by atoms with Crippen LogP contribution in [0.3, 0.4) is 0 Å². The fourth-order valence-electron chi connectivity index (χ4n) is 2.60. The van der Waals surface area contributed by atoms with E-state index in [1.165, 1.54) is 26.4 Å². The lowest BCUT2D eigenvalue weighted by molar-refractivity contribution is 0.102. The molecule has 25 heavy (non-hydrogen) atoms. The summed E-state index contributed by atoms with van der Waals surface area (Å²) < 4.78 is 10.5.